The Morgan fingerprint density at radius 1 is 0.762 bits per heavy atom. The summed E-state index contributed by atoms with van der Waals surface area (Å²) in [4.78, 5) is 55.7. The Bertz CT molecular complexity index is 1690. The Kier molecular flexibility index (Phi) is 7.96. The van der Waals surface area contributed by atoms with E-state index < -0.39 is 52.1 Å². The van der Waals surface area contributed by atoms with E-state index in [1.807, 2.05) is 30.3 Å². The number of ether oxygens (including phenoxy) is 1. The lowest BCUT2D eigenvalue weighted by Gasteiger charge is -2.36. The molecule has 0 spiro atoms. The summed E-state index contributed by atoms with van der Waals surface area (Å²) < 4.78 is 5.93. The molecule has 1 amide bonds. The van der Waals surface area contributed by atoms with Gasteiger partial charge in [0.15, 0.2) is 0 Å². The van der Waals surface area contributed by atoms with Crippen molar-refractivity contribution in [1.82, 2.24) is 9.88 Å². The fourth-order valence-corrected chi connectivity index (χ4v) is 5.28. The zero-order valence-electron chi connectivity index (χ0n) is 22.3. The van der Waals surface area contributed by atoms with E-state index in [0.717, 1.165) is 36.1 Å². The molecule has 0 radical (unpaired) electrons. The molecule has 0 bridgehead atoms. The first-order valence-corrected chi connectivity index (χ1v) is 13.2. The lowest BCUT2D eigenvalue weighted by molar-refractivity contribution is 0.0611. The van der Waals surface area contributed by atoms with Gasteiger partial charge in [-0.3, -0.25) is 9.78 Å². The number of carboxylic acid groups (broad SMARTS) is 3. The van der Waals surface area contributed by atoms with Crippen LogP contribution in [0.4, 0.5) is 0 Å². The number of fused-ring (bicyclic) bond motifs is 1. The predicted molar refractivity (Wildman–Crippen MR) is 150 cm³/mol. The Labute approximate surface area is 240 Å². The molecule has 1 atom stereocenters. The van der Waals surface area contributed by atoms with Gasteiger partial charge in [0.05, 0.1) is 28.3 Å². The van der Waals surface area contributed by atoms with E-state index in [4.69, 9.17) is 4.74 Å². The highest BCUT2D eigenvalue weighted by Crippen LogP contribution is 2.37. The summed E-state index contributed by atoms with van der Waals surface area (Å²) in [6.07, 6.45) is 5.39. The Morgan fingerprint density at radius 3 is 2.10 bits per heavy atom. The summed E-state index contributed by atoms with van der Waals surface area (Å²) in [7, 11) is 0. The van der Waals surface area contributed by atoms with Crippen molar-refractivity contribution in [2.24, 2.45) is 0 Å². The van der Waals surface area contributed by atoms with E-state index in [1.165, 1.54) is 4.90 Å². The number of carbonyl (C=O) groups excluding carboxylic acids is 1. The van der Waals surface area contributed by atoms with Gasteiger partial charge < -0.3 is 25.0 Å². The Hall–Kier alpha value is -5.51. The maximum absolute atomic E-state index is 14.3. The van der Waals surface area contributed by atoms with Crippen molar-refractivity contribution in [3.63, 3.8) is 0 Å². The van der Waals surface area contributed by atoms with Crippen molar-refractivity contribution in [2.75, 3.05) is 0 Å². The number of benzene rings is 3. The average Bonchev–Trinajstić information content (AvgIpc) is 2.99. The molecule has 212 valence electrons. The first-order chi connectivity index (χ1) is 20.2. The number of carbonyl (C=O) groups is 4. The summed E-state index contributed by atoms with van der Waals surface area (Å²) in [6, 6.07) is 19.4. The molecule has 3 N–H and O–H groups in total. The molecule has 3 aromatic carbocycles. The third kappa shape index (κ3) is 5.83. The van der Waals surface area contributed by atoms with Crippen LogP contribution in [0.3, 0.4) is 0 Å². The van der Waals surface area contributed by atoms with Gasteiger partial charge in [-0.1, -0.05) is 36.4 Å². The largest absolute Gasteiger partial charge is 0.478 e. The van der Waals surface area contributed by atoms with E-state index in [2.05, 4.69) is 4.98 Å². The lowest BCUT2D eigenvalue weighted by atomic mass is 9.86. The minimum atomic E-state index is -1.61. The van der Waals surface area contributed by atoms with Crippen molar-refractivity contribution in [3.05, 3.63) is 124 Å². The minimum absolute atomic E-state index is 0.0491. The fraction of sp³-hybridized carbons (Fsp3) is 0.156. The normalized spacial score (nSPS) is 14.0. The second kappa shape index (κ2) is 11.9. The smallest absolute Gasteiger partial charge is 0.336 e. The van der Waals surface area contributed by atoms with Crippen LogP contribution in [0.1, 0.15) is 77.0 Å². The van der Waals surface area contributed by atoms with Gasteiger partial charge in [0.2, 0.25) is 0 Å². The molecule has 42 heavy (non-hydrogen) atoms. The number of aromatic nitrogens is 1. The number of hydrogen-bond donors (Lipinski definition) is 3. The van der Waals surface area contributed by atoms with E-state index >= 15 is 0 Å². The molecule has 0 aliphatic heterocycles. The number of aromatic carboxylic acids is 3. The second-order valence-corrected chi connectivity index (χ2v) is 9.83. The highest BCUT2D eigenvalue weighted by Gasteiger charge is 2.33. The highest BCUT2D eigenvalue weighted by atomic mass is 16.5. The van der Waals surface area contributed by atoms with E-state index in [9.17, 15) is 34.5 Å². The van der Waals surface area contributed by atoms with Crippen LogP contribution in [0.2, 0.25) is 0 Å². The Balaban J connectivity index is 1.60. The van der Waals surface area contributed by atoms with Crippen LogP contribution in [0.25, 0.3) is 0 Å². The molecule has 0 unspecified atom stereocenters. The number of aryl methyl sites for hydroxylation is 1. The molecule has 0 fully saturated rings. The van der Waals surface area contributed by atoms with Crippen LogP contribution in [0, 0.1) is 0 Å². The number of rotatable bonds is 9. The zero-order valence-corrected chi connectivity index (χ0v) is 22.3. The van der Waals surface area contributed by atoms with Gasteiger partial charge in [-0.25, -0.2) is 14.4 Å². The third-order valence-electron chi connectivity index (χ3n) is 7.19. The number of amides is 1. The molecule has 1 aliphatic carbocycles. The monoisotopic (exact) mass is 566 g/mol. The topological polar surface area (TPSA) is 154 Å². The van der Waals surface area contributed by atoms with E-state index in [0.29, 0.717) is 23.5 Å². The average molecular weight is 567 g/mol. The van der Waals surface area contributed by atoms with Crippen LogP contribution in [0.15, 0.2) is 85.2 Å². The van der Waals surface area contributed by atoms with Gasteiger partial charge in [-0.15, -0.1) is 0 Å². The molecule has 1 aliphatic rings. The SMILES string of the molecule is O=C(O)c1cc(C(=O)O)c(C(=O)N(Cc2cccc(Oc3ccncc3)c2)[C@H]2CCCc3ccccc32)cc1C(=O)O. The summed E-state index contributed by atoms with van der Waals surface area (Å²) in [5.41, 5.74) is 0.282. The molecule has 5 rings (SSSR count). The van der Waals surface area contributed by atoms with Crippen molar-refractivity contribution in [2.45, 2.75) is 31.8 Å². The Morgan fingerprint density at radius 2 is 1.40 bits per heavy atom. The minimum Gasteiger partial charge on any atom is -0.478 e. The standard InChI is InChI=1S/C32H26N2O8/c35-29(24-16-26(31(38)39)27(32(40)41)17-25(24)30(36)37)34(28-10-4-7-20-6-1-2-9-23(20)28)18-19-5-3-8-22(15-19)42-21-11-13-33-14-12-21/h1-3,5-6,8-9,11-17,28H,4,7,10,18H2,(H,36,37)(H,38,39)(H,40,41)/t28-/m0/s1. The zero-order chi connectivity index (χ0) is 29.8. The third-order valence-corrected chi connectivity index (χ3v) is 7.19. The first-order valence-electron chi connectivity index (χ1n) is 13.2. The number of pyridine rings is 1. The van der Waals surface area contributed by atoms with Gasteiger partial charge in [0.1, 0.15) is 11.5 Å². The molecular weight excluding hydrogens is 540 g/mol. The van der Waals surface area contributed by atoms with Gasteiger partial charge >= 0.3 is 17.9 Å². The molecule has 10 nitrogen and oxygen atoms in total. The number of nitrogens with zero attached hydrogens (tertiary/aromatic N) is 2. The quantitative estimate of drug-likeness (QED) is 0.232. The second-order valence-electron chi connectivity index (χ2n) is 9.83. The van der Waals surface area contributed by atoms with Gasteiger partial charge in [-0.2, -0.15) is 0 Å². The maximum Gasteiger partial charge on any atom is 0.336 e. The molecule has 4 aromatic rings. The summed E-state index contributed by atoms with van der Waals surface area (Å²) in [5, 5.41) is 29.2. The van der Waals surface area contributed by atoms with Crippen molar-refractivity contribution in [1.29, 1.82) is 0 Å². The molecule has 10 heteroatoms. The van der Waals surface area contributed by atoms with Gasteiger partial charge in [0.25, 0.3) is 5.91 Å². The fourth-order valence-electron chi connectivity index (χ4n) is 5.28. The van der Waals surface area contributed by atoms with Crippen LogP contribution in [0.5, 0.6) is 11.5 Å². The maximum atomic E-state index is 14.3. The van der Waals surface area contributed by atoms with E-state index in [1.54, 1.807) is 42.7 Å². The summed E-state index contributed by atoms with van der Waals surface area (Å²) >= 11 is 0. The molecular formula is C32H26N2O8. The van der Waals surface area contributed by atoms with Crippen LogP contribution in [-0.4, -0.2) is 49.0 Å². The lowest BCUT2D eigenvalue weighted by Crippen LogP contribution is -2.37. The van der Waals surface area contributed by atoms with Crippen LogP contribution in [-0.2, 0) is 13.0 Å². The number of hydrogen-bond acceptors (Lipinski definition) is 6. The number of carboxylic acids is 3. The predicted octanol–water partition coefficient (Wildman–Crippen LogP) is 5.69. The molecule has 0 saturated heterocycles. The van der Waals surface area contributed by atoms with Crippen molar-refractivity contribution in [3.8, 4) is 11.5 Å². The van der Waals surface area contributed by atoms with Crippen LogP contribution < -0.4 is 4.74 Å². The van der Waals surface area contributed by atoms with Crippen LogP contribution >= 0.6 is 0 Å². The first kappa shape index (κ1) is 28.0. The summed E-state index contributed by atoms with van der Waals surface area (Å²) in [6.45, 7) is 0.0491. The molecule has 1 heterocycles. The molecule has 0 saturated carbocycles. The van der Waals surface area contributed by atoms with Crippen molar-refractivity contribution >= 4 is 23.8 Å². The van der Waals surface area contributed by atoms with E-state index in [-0.39, 0.29) is 6.54 Å². The highest BCUT2D eigenvalue weighted by molar-refractivity contribution is 6.10. The van der Waals surface area contributed by atoms with Gasteiger partial charge in [0, 0.05) is 18.9 Å². The summed E-state index contributed by atoms with van der Waals surface area (Å²) in [5.74, 6) is -4.39. The molecule has 1 aromatic heterocycles. The van der Waals surface area contributed by atoms with Crippen molar-refractivity contribution < 1.29 is 39.2 Å². The van der Waals surface area contributed by atoms with Gasteiger partial charge in [-0.05, 0) is 72.4 Å².